The predicted octanol–water partition coefficient (Wildman–Crippen LogP) is 3.76. The second-order valence-electron chi connectivity index (χ2n) is 5.31. The van der Waals surface area contributed by atoms with Gasteiger partial charge < -0.3 is 15.2 Å². The van der Waals surface area contributed by atoms with Crippen molar-refractivity contribution in [2.24, 2.45) is 11.7 Å². The maximum atomic E-state index is 6.28. The molecule has 0 atom stereocenters. The first-order chi connectivity index (χ1) is 9.13. The van der Waals surface area contributed by atoms with Crippen molar-refractivity contribution in [3.8, 4) is 11.5 Å². The zero-order valence-electron chi connectivity index (χ0n) is 11.6. The lowest BCUT2D eigenvalue weighted by Gasteiger charge is -2.28. The summed E-state index contributed by atoms with van der Waals surface area (Å²) in [6.45, 7) is 2.73. The van der Waals surface area contributed by atoms with Crippen LogP contribution in [-0.4, -0.2) is 13.2 Å². The van der Waals surface area contributed by atoms with E-state index in [2.05, 4.69) is 6.92 Å². The number of hydrogen-bond donors (Lipinski definition) is 1. The summed E-state index contributed by atoms with van der Waals surface area (Å²) in [7, 11) is 1.63. The predicted molar refractivity (Wildman–Crippen MR) is 77.9 cm³/mol. The molecule has 106 valence electrons. The molecule has 1 saturated carbocycles. The van der Waals surface area contributed by atoms with E-state index in [0.29, 0.717) is 23.1 Å². The van der Waals surface area contributed by atoms with E-state index in [-0.39, 0.29) is 6.10 Å². The quantitative estimate of drug-likeness (QED) is 0.915. The van der Waals surface area contributed by atoms with Crippen molar-refractivity contribution in [1.29, 1.82) is 0 Å². The minimum absolute atomic E-state index is 0.242. The number of benzene rings is 1. The van der Waals surface area contributed by atoms with Crippen LogP contribution in [0.3, 0.4) is 0 Å². The normalized spacial score (nSPS) is 23.2. The summed E-state index contributed by atoms with van der Waals surface area (Å²) in [5.41, 5.74) is 6.59. The van der Waals surface area contributed by atoms with Crippen LogP contribution in [-0.2, 0) is 6.54 Å². The molecule has 0 heterocycles. The Morgan fingerprint density at radius 3 is 2.53 bits per heavy atom. The lowest BCUT2D eigenvalue weighted by Crippen LogP contribution is -2.23. The summed E-state index contributed by atoms with van der Waals surface area (Å²) < 4.78 is 11.4. The van der Waals surface area contributed by atoms with E-state index in [1.807, 2.05) is 12.1 Å². The highest BCUT2D eigenvalue weighted by atomic mass is 35.5. The van der Waals surface area contributed by atoms with Crippen molar-refractivity contribution in [3.63, 3.8) is 0 Å². The minimum atomic E-state index is 0.242. The van der Waals surface area contributed by atoms with Gasteiger partial charge in [0.2, 0.25) is 0 Å². The molecule has 1 aliphatic carbocycles. The van der Waals surface area contributed by atoms with Crippen LogP contribution in [0.15, 0.2) is 12.1 Å². The first-order valence-electron chi connectivity index (χ1n) is 6.87. The number of methoxy groups -OCH3 is 1. The van der Waals surface area contributed by atoms with Gasteiger partial charge >= 0.3 is 0 Å². The van der Waals surface area contributed by atoms with Crippen molar-refractivity contribution in [2.45, 2.75) is 45.3 Å². The SMILES string of the molecule is COc1cc(CN)cc(Cl)c1OC1CCC(C)CC1. The number of ether oxygens (including phenoxy) is 2. The molecule has 1 aromatic carbocycles. The van der Waals surface area contributed by atoms with Crippen LogP contribution >= 0.6 is 11.6 Å². The molecule has 2 N–H and O–H groups in total. The average molecular weight is 284 g/mol. The number of hydrogen-bond acceptors (Lipinski definition) is 3. The highest BCUT2D eigenvalue weighted by Gasteiger charge is 2.22. The Bertz CT molecular complexity index is 428. The molecule has 0 radical (unpaired) electrons. The molecule has 1 fully saturated rings. The van der Waals surface area contributed by atoms with Gasteiger partial charge in [0.05, 0.1) is 18.2 Å². The van der Waals surface area contributed by atoms with Crippen LogP contribution in [0.1, 0.15) is 38.2 Å². The molecule has 1 aromatic rings. The Morgan fingerprint density at radius 1 is 1.26 bits per heavy atom. The van der Waals surface area contributed by atoms with E-state index in [1.165, 1.54) is 12.8 Å². The fourth-order valence-corrected chi connectivity index (χ4v) is 2.80. The van der Waals surface area contributed by atoms with Gasteiger partial charge in [-0.3, -0.25) is 0 Å². The third-order valence-corrected chi connectivity index (χ3v) is 4.05. The summed E-state index contributed by atoms with van der Waals surface area (Å²) in [5.74, 6) is 2.13. The summed E-state index contributed by atoms with van der Waals surface area (Å²) >= 11 is 6.28. The zero-order valence-corrected chi connectivity index (χ0v) is 12.4. The standard InChI is InChI=1S/C15H22ClNO2/c1-10-3-5-12(6-4-10)19-15-13(16)7-11(9-17)8-14(15)18-2/h7-8,10,12H,3-6,9,17H2,1-2H3. The lowest BCUT2D eigenvalue weighted by atomic mass is 9.89. The van der Waals surface area contributed by atoms with Crippen molar-refractivity contribution < 1.29 is 9.47 Å². The minimum Gasteiger partial charge on any atom is -0.493 e. The third kappa shape index (κ3) is 3.54. The molecule has 0 spiro atoms. The molecule has 1 aliphatic rings. The van der Waals surface area contributed by atoms with Gasteiger partial charge in [-0.15, -0.1) is 0 Å². The van der Waals surface area contributed by atoms with E-state index in [9.17, 15) is 0 Å². The van der Waals surface area contributed by atoms with E-state index < -0.39 is 0 Å². The molecule has 0 aliphatic heterocycles. The van der Waals surface area contributed by atoms with E-state index >= 15 is 0 Å². The number of rotatable bonds is 4. The number of nitrogens with two attached hydrogens (primary N) is 1. The first-order valence-corrected chi connectivity index (χ1v) is 7.25. The zero-order chi connectivity index (χ0) is 13.8. The maximum Gasteiger partial charge on any atom is 0.180 e. The smallest absolute Gasteiger partial charge is 0.180 e. The lowest BCUT2D eigenvalue weighted by molar-refractivity contribution is 0.131. The van der Waals surface area contributed by atoms with Crippen LogP contribution in [0.4, 0.5) is 0 Å². The largest absolute Gasteiger partial charge is 0.493 e. The van der Waals surface area contributed by atoms with E-state index in [1.54, 1.807) is 7.11 Å². The molecular formula is C15H22ClNO2. The Hall–Kier alpha value is -0.930. The molecule has 0 amide bonds. The van der Waals surface area contributed by atoms with Gasteiger partial charge in [-0.05, 0) is 49.3 Å². The van der Waals surface area contributed by atoms with Gasteiger partial charge in [0, 0.05) is 6.54 Å². The number of halogens is 1. The third-order valence-electron chi connectivity index (χ3n) is 3.77. The van der Waals surface area contributed by atoms with Crippen molar-refractivity contribution in [3.05, 3.63) is 22.7 Å². The molecule has 3 nitrogen and oxygen atoms in total. The molecule has 19 heavy (non-hydrogen) atoms. The second-order valence-corrected chi connectivity index (χ2v) is 5.72. The fraction of sp³-hybridized carbons (Fsp3) is 0.600. The highest BCUT2D eigenvalue weighted by molar-refractivity contribution is 6.32. The Morgan fingerprint density at radius 2 is 1.95 bits per heavy atom. The summed E-state index contributed by atoms with van der Waals surface area (Å²) in [5, 5.41) is 0.582. The molecule has 4 heteroatoms. The average Bonchev–Trinajstić information content (AvgIpc) is 2.43. The molecular weight excluding hydrogens is 262 g/mol. The van der Waals surface area contributed by atoms with Crippen molar-refractivity contribution in [2.75, 3.05) is 7.11 Å². The molecule has 0 aromatic heterocycles. The van der Waals surface area contributed by atoms with Crippen LogP contribution in [0.25, 0.3) is 0 Å². The van der Waals surface area contributed by atoms with Gasteiger partial charge in [-0.2, -0.15) is 0 Å². The van der Waals surface area contributed by atoms with Crippen LogP contribution in [0.2, 0.25) is 5.02 Å². The van der Waals surface area contributed by atoms with E-state index in [0.717, 1.165) is 24.3 Å². The van der Waals surface area contributed by atoms with Crippen LogP contribution in [0, 0.1) is 5.92 Å². The Kier molecular flexibility index (Phi) is 4.94. The van der Waals surface area contributed by atoms with Crippen molar-refractivity contribution in [1.82, 2.24) is 0 Å². The van der Waals surface area contributed by atoms with Gasteiger partial charge in [-0.25, -0.2) is 0 Å². The monoisotopic (exact) mass is 283 g/mol. The summed E-state index contributed by atoms with van der Waals surface area (Å²) in [6.07, 6.45) is 4.83. The summed E-state index contributed by atoms with van der Waals surface area (Å²) in [6, 6.07) is 3.75. The molecule has 0 saturated heterocycles. The Labute approximate surface area is 120 Å². The van der Waals surface area contributed by atoms with Crippen LogP contribution < -0.4 is 15.2 Å². The van der Waals surface area contributed by atoms with Crippen LogP contribution in [0.5, 0.6) is 11.5 Å². The van der Waals surface area contributed by atoms with Gasteiger partial charge in [-0.1, -0.05) is 18.5 Å². The van der Waals surface area contributed by atoms with Crippen molar-refractivity contribution >= 4 is 11.6 Å². The summed E-state index contributed by atoms with van der Waals surface area (Å²) in [4.78, 5) is 0. The van der Waals surface area contributed by atoms with E-state index in [4.69, 9.17) is 26.8 Å². The first kappa shape index (κ1) is 14.5. The van der Waals surface area contributed by atoms with Gasteiger partial charge in [0.25, 0.3) is 0 Å². The highest BCUT2D eigenvalue weighted by Crippen LogP contribution is 2.39. The van der Waals surface area contributed by atoms with Gasteiger partial charge in [0.15, 0.2) is 11.5 Å². The topological polar surface area (TPSA) is 44.5 Å². The second kappa shape index (κ2) is 6.49. The molecule has 0 bridgehead atoms. The molecule has 2 rings (SSSR count). The molecule has 0 unspecified atom stereocenters. The Balaban J connectivity index is 2.15. The maximum absolute atomic E-state index is 6.28. The van der Waals surface area contributed by atoms with Gasteiger partial charge in [0.1, 0.15) is 0 Å². The fourth-order valence-electron chi connectivity index (χ4n) is 2.52.